The molecule has 2 aliphatic rings. The van der Waals surface area contributed by atoms with Crippen molar-refractivity contribution in [1.29, 1.82) is 0 Å². The predicted octanol–water partition coefficient (Wildman–Crippen LogP) is 4.39. The van der Waals surface area contributed by atoms with Gasteiger partial charge in [-0.1, -0.05) is 31.7 Å². The van der Waals surface area contributed by atoms with Gasteiger partial charge in [0.1, 0.15) is 29.5 Å². The second-order valence-corrected chi connectivity index (χ2v) is 11.7. The van der Waals surface area contributed by atoms with E-state index in [0.29, 0.717) is 77.6 Å². The lowest BCUT2D eigenvalue weighted by Gasteiger charge is -2.37. The van der Waals surface area contributed by atoms with Gasteiger partial charge in [-0.2, -0.15) is 5.10 Å². The van der Waals surface area contributed by atoms with Crippen LogP contribution in [-0.2, 0) is 9.53 Å². The highest BCUT2D eigenvalue weighted by atomic mass is 19.1. The first-order valence-corrected chi connectivity index (χ1v) is 16.3. The molecule has 1 N–H and O–H groups in total. The van der Waals surface area contributed by atoms with Gasteiger partial charge < -0.3 is 29.5 Å². The molecule has 0 bridgehead atoms. The van der Waals surface area contributed by atoms with E-state index < -0.39 is 5.82 Å². The average Bonchev–Trinajstić information content (AvgIpc) is 3.08. The van der Waals surface area contributed by atoms with Crippen LogP contribution in [-0.4, -0.2) is 95.7 Å². The quantitative estimate of drug-likeness (QED) is 0.261. The standard InChI is InChI=1S/C37H47FN8O3/c1-9-13-32(44-18-20-45(21-19-44)34(47)14-12-16-43(6)7)36(48-8)35-30(10-2)39-25-40-37(35)42-31-22-26(4)33(24-29(31)38)49-28-15-17-46(41-11-3)27(5)23-28/h10-15,17,22-25H,5,9,16,18-21H2,1-4,6-8H3,(H,39,40,42)/b14-12+,30-10+,32-13-,36-35-,41-11-. The number of halogens is 1. The highest BCUT2D eigenvalue weighted by Gasteiger charge is 2.25. The molecular weight excluding hydrogens is 623 g/mol. The highest BCUT2D eigenvalue weighted by molar-refractivity contribution is 5.87. The van der Waals surface area contributed by atoms with Crippen LogP contribution in [0.25, 0.3) is 11.8 Å². The summed E-state index contributed by atoms with van der Waals surface area (Å²) >= 11 is 0. The average molecular weight is 671 g/mol. The van der Waals surface area contributed by atoms with E-state index in [4.69, 9.17) is 9.47 Å². The van der Waals surface area contributed by atoms with E-state index in [9.17, 15) is 4.79 Å². The number of anilines is 2. The number of benzene rings is 1. The SMILES string of the molecule is C=C1C=C(Oc2cc(F)c(Nc3ncnc(=C/C)/c3=C(OC)\C(=C\CC)N3CCN(C(=O)/C=C/CN(C)C)CC3)cc2C)C=CN1/N=C\C. The molecular formula is C37H47FN8O3. The molecule has 0 aliphatic carbocycles. The molecule has 12 heteroatoms. The van der Waals surface area contributed by atoms with Crippen LogP contribution in [0, 0.1) is 12.7 Å². The third-order valence-electron chi connectivity index (χ3n) is 7.84. The fraction of sp³-hybridized carbons (Fsp3) is 0.351. The number of likely N-dealkylation sites (N-methyl/N-ethyl adjacent to an activating group) is 1. The van der Waals surface area contributed by atoms with Crippen LogP contribution in [0.5, 0.6) is 5.75 Å². The van der Waals surface area contributed by atoms with E-state index in [1.165, 1.54) is 12.4 Å². The van der Waals surface area contributed by atoms with E-state index in [-0.39, 0.29) is 11.6 Å². The number of carbonyl (C=O) groups excluding carboxylic acids is 1. The largest absolute Gasteiger partial charge is 0.494 e. The number of nitrogens with zero attached hydrogens (tertiary/aromatic N) is 7. The zero-order chi connectivity index (χ0) is 35.5. The zero-order valence-corrected chi connectivity index (χ0v) is 29.5. The summed E-state index contributed by atoms with van der Waals surface area (Å²) in [4.78, 5) is 27.9. The fourth-order valence-corrected chi connectivity index (χ4v) is 5.41. The Morgan fingerprint density at radius 1 is 1.16 bits per heavy atom. The topological polar surface area (TPSA) is 98.7 Å². The van der Waals surface area contributed by atoms with E-state index in [1.54, 1.807) is 48.8 Å². The van der Waals surface area contributed by atoms with Crippen molar-refractivity contribution < 1.29 is 18.7 Å². The van der Waals surface area contributed by atoms with Crippen molar-refractivity contribution in [2.45, 2.75) is 34.1 Å². The number of rotatable bonds is 12. The van der Waals surface area contributed by atoms with Crippen molar-refractivity contribution >= 4 is 35.5 Å². The van der Waals surface area contributed by atoms with Gasteiger partial charge in [0.2, 0.25) is 5.91 Å². The first kappa shape index (κ1) is 36.6. The van der Waals surface area contributed by atoms with Crippen molar-refractivity contribution in [2.75, 3.05) is 59.2 Å². The molecule has 0 spiro atoms. The molecule has 2 aliphatic heterocycles. The van der Waals surface area contributed by atoms with Crippen LogP contribution in [0.2, 0.25) is 0 Å². The number of hydrogen-bond donors (Lipinski definition) is 1. The Morgan fingerprint density at radius 3 is 2.53 bits per heavy atom. The molecule has 1 aromatic carbocycles. The number of aryl methyl sites for hydroxylation is 1. The Bertz CT molecular complexity index is 1800. The summed E-state index contributed by atoms with van der Waals surface area (Å²) in [5.74, 6) is 1.31. The van der Waals surface area contributed by atoms with E-state index >= 15 is 4.39 Å². The summed E-state index contributed by atoms with van der Waals surface area (Å²) < 4.78 is 27.8. The maximum Gasteiger partial charge on any atom is 0.246 e. The molecule has 0 atom stereocenters. The van der Waals surface area contributed by atoms with Gasteiger partial charge in [0.05, 0.1) is 34.8 Å². The Morgan fingerprint density at radius 2 is 1.90 bits per heavy atom. The molecule has 1 saturated heterocycles. The van der Waals surface area contributed by atoms with Gasteiger partial charge in [0, 0.05) is 63.4 Å². The lowest BCUT2D eigenvalue weighted by molar-refractivity contribution is -0.127. The van der Waals surface area contributed by atoms with Crippen LogP contribution in [0.3, 0.4) is 0 Å². The first-order chi connectivity index (χ1) is 23.6. The van der Waals surface area contributed by atoms with Crippen molar-refractivity contribution in [3.8, 4) is 5.75 Å². The van der Waals surface area contributed by atoms with Crippen LogP contribution in [0.4, 0.5) is 15.9 Å². The maximum absolute atomic E-state index is 15.7. The lowest BCUT2D eigenvalue weighted by atomic mass is 10.1. The lowest BCUT2D eigenvalue weighted by Crippen LogP contribution is -2.48. The zero-order valence-electron chi connectivity index (χ0n) is 29.5. The van der Waals surface area contributed by atoms with E-state index in [2.05, 4.69) is 44.9 Å². The normalized spacial score (nSPS) is 16.6. The highest BCUT2D eigenvalue weighted by Crippen LogP contribution is 2.30. The van der Waals surface area contributed by atoms with Crippen molar-refractivity contribution in [1.82, 2.24) is 29.7 Å². The minimum atomic E-state index is -0.521. The third kappa shape index (κ3) is 9.23. The monoisotopic (exact) mass is 670 g/mol. The molecule has 0 unspecified atom stereocenters. The van der Waals surface area contributed by atoms with E-state index in [0.717, 1.165) is 12.1 Å². The third-order valence-corrected chi connectivity index (χ3v) is 7.84. The number of ether oxygens (including phenoxy) is 2. The molecule has 1 amide bonds. The number of carbonyl (C=O) groups is 1. The number of amides is 1. The minimum absolute atomic E-state index is 0.00347. The molecule has 1 aromatic heterocycles. The van der Waals surface area contributed by atoms with Gasteiger partial charge in [0.15, 0.2) is 5.76 Å². The Balaban J connectivity index is 1.64. The molecule has 49 heavy (non-hydrogen) atoms. The van der Waals surface area contributed by atoms with Crippen LogP contribution in [0.15, 0.2) is 83.9 Å². The number of hydrazone groups is 1. The molecule has 1 fully saturated rings. The summed E-state index contributed by atoms with van der Waals surface area (Å²) in [6, 6.07) is 3.03. The van der Waals surface area contributed by atoms with Crippen molar-refractivity contribution in [3.63, 3.8) is 0 Å². The maximum atomic E-state index is 15.7. The van der Waals surface area contributed by atoms with Crippen LogP contribution >= 0.6 is 0 Å². The van der Waals surface area contributed by atoms with Gasteiger partial charge >= 0.3 is 0 Å². The summed E-state index contributed by atoms with van der Waals surface area (Å²) in [5.41, 5.74) is 2.41. The molecule has 260 valence electrons. The number of aromatic nitrogens is 2. The summed E-state index contributed by atoms with van der Waals surface area (Å²) in [6.45, 7) is 14.7. The Kier molecular flexibility index (Phi) is 12.9. The molecule has 2 aromatic rings. The fourth-order valence-electron chi connectivity index (χ4n) is 5.41. The number of methoxy groups -OCH3 is 1. The Hall–Kier alpha value is -5.23. The molecule has 3 heterocycles. The number of nitrogens with one attached hydrogen (secondary N) is 1. The van der Waals surface area contributed by atoms with Gasteiger partial charge in [-0.05, 0) is 59.0 Å². The van der Waals surface area contributed by atoms with Crippen molar-refractivity contribution in [2.24, 2.45) is 5.10 Å². The summed E-state index contributed by atoms with van der Waals surface area (Å²) in [7, 11) is 5.54. The minimum Gasteiger partial charge on any atom is -0.494 e. The molecule has 0 radical (unpaired) electrons. The summed E-state index contributed by atoms with van der Waals surface area (Å²) in [6.07, 6.45) is 16.5. The number of allylic oxidation sites excluding steroid dienone is 3. The predicted molar refractivity (Wildman–Crippen MR) is 193 cm³/mol. The van der Waals surface area contributed by atoms with Gasteiger partial charge in [-0.15, -0.1) is 0 Å². The van der Waals surface area contributed by atoms with Crippen LogP contribution in [0.1, 0.15) is 32.8 Å². The second kappa shape index (κ2) is 17.3. The Labute approximate surface area is 288 Å². The van der Waals surface area contributed by atoms with Gasteiger partial charge in [-0.25, -0.2) is 19.4 Å². The number of piperazine rings is 1. The van der Waals surface area contributed by atoms with Crippen molar-refractivity contribution in [3.05, 3.63) is 101 Å². The molecule has 0 saturated carbocycles. The molecule has 11 nitrogen and oxygen atoms in total. The van der Waals surface area contributed by atoms with Gasteiger partial charge in [0.25, 0.3) is 0 Å². The first-order valence-electron chi connectivity index (χ1n) is 16.3. The summed E-state index contributed by atoms with van der Waals surface area (Å²) in [5, 5.41) is 10.3. The smallest absolute Gasteiger partial charge is 0.246 e. The van der Waals surface area contributed by atoms with E-state index in [1.807, 2.05) is 56.8 Å². The number of hydrogen-bond acceptors (Lipinski definition) is 10. The van der Waals surface area contributed by atoms with Crippen LogP contribution < -0.4 is 20.6 Å². The van der Waals surface area contributed by atoms with Gasteiger partial charge in [-0.3, -0.25) is 4.79 Å². The molecule has 4 rings (SSSR count). The second-order valence-electron chi connectivity index (χ2n) is 11.7.